The third kappa shape index (κ3) is 5.00. The molecule has 0 saturated heterocycles. The Morgan fingerprint density at radius 1 is 1.06 bits per heavy atom. The number of anilines is 1. The van der Waals surface area contributed by atoms with Crippen molar-refractivity contribution >= 4 is 34.1 Å². The summed E-state index contributed by atoms with van der Waals surface area (Å²) in [5, 5.41) is 14.5. The molecular formula is C24H21FN4OS. The van der Waals surface area contributed by atoms with Crippen LogP contribution in [-0.2, 0) is 17.8 Å². The zero-order valence-electron chi connectivity index (χ0n) is 16.8. The number of fused-ring (bicyclic) bond motifs is 1. The SMILES string of the molecule is C=CCn1c(Cc2cccc3ccccc23)nnc1SCC(=O)Nc1ccc(F)cc1. The van der Waals surface area contributed by atoms with Crippen LogP contribution in [0.2, 0.25) is 0 Å². The molecular weight excluding hydrogens is 411 g/mol. The zero-order valence-corrected chi connectivity index (χ0v) is 17.6. The number of amides is 1. The third-order valence-electron chi connectivity index (χ3n) is 4.79. The molecule has 31 heavy (non-hydrogen) atoms. The highest BCUT2D eigenvalue weighted by Gasteiger charge is 2.15. The number of aromatic nitrogens is 3. The van der Waals surface area contributed by atoms with E-state index >= 15 is 0 Å². The molecule has 0 fully saturated rings. The summed E-state index contributed by atoms with van der Waals surface area (Å²) in [6, 6.07) is 20.2. The lowest BCUT2D eigenvalue weighted by atomic mass is 10.0. The van der Waals surface area contributed by atoms with Gasteiger partial charge >= 0.3 is 0 Å². The Bertz CT molecular complexity index is 1210. The van der Waals surface area contributed by atoms with Crippen molar-refractivity contribution in [1.29, 1.82) is 0 Å². The lowest BCUT2D eigenvalue weighted by Gasteiger charge is -2.10. The number of thioether (sulfide) groups is 1. The van der Waals surface area contributed by atoms with Crippen LogP contribution in [0.5, 0.6) is 0 Å². The molecule has 5 nitrogen and oxygen atoms in total. The zero-order chi connectivity index (χ0) is 21.6. The largest absolute Gasteiger partial charge is 0.325 e. The first-order chi connectivity index (χ1) is 15.1. The van der Waals surface area contributed by atoms with E-state index < -0.39 is 0 Å². The van der Waals surface area contributed by atoms with E-state index in [-0.39, 0.29) is 17.5 Å². The highest BCUT2D eigenvalue weighted by molar-refractivity contribution is 7.99. The molecule has 0 bridgehead atoms. The van der Waals surface area contributed by atoms with E-state index in [0.717, 1.165) is 5.82 Å². The second kappa shape index (κ2) is 9.57. The molecule has 1 aromatic heterocycles. The molecule has 7 heteroatoms. The molecule has 1 amide bonds. The number of benzene rings is 3. The van der Waals surface area contributed by atoms with E-state index in [0.29, 0.717) is 23.8 Å². The summed E-state index contributed by atoms with van der Waals surface area (Å²) in [5.74, 6) is 0.447. The standard InChI is InChI=1S/C24H21FN4OS/c1-2-14-29-22(15-18-8-5-7-17-6-3-4-9-21(17)18)27-28-24(29)31-16-23(30)26-20-12-10-19(25)11-13-20/h2-13H,1,14-16H2,(H,26,30). The molecule has 1 heterocycles. The van der Waals surface area contributed by atoms with Crippen LogP contribution in [0, 0.1) is 5.82 Å². The van der Waals surface area contributed by atoms with E-state index in [4.69, 9.17) is 0 Å². The first-order valence-corrected chi connectivity index (χ1v) is 10.8. The fraction of sp³-hybridized carbons (Fsp3) is 0.125. The number of rotatable bonds is 8. The van der Waals surface area contributed by atoms with Crippen LogP contribution >= 0.6 is 11.8 Å². The summed E-state index contributed by atoms with van der Waals surface area (Å²) >= 11 is 1.31. The average molecular weight is 433 g/mol. The molecule has 4 rings (SSSR count). The molecule has 0 unspecified atom stereocenters. The summed E-state index contributed by atoms with van der Waals surface area (Å²) < 4.78 is 15.0. The van der Waals surface area contributed by atoms with Crippen LogP contribution in [0.15, 0.2) is 84.5 Å². The van der Waals surface area contributed by atoms with E-state index in [1.165, 1.54) is 52.4 Å². The van der Waals surface area contributed by atoms with E-state index in [1.54, 1.807) is 6.08 Å². The Labute approximate surface area is 184 Å². The summed E-state index contributed by atoms with van der Waals surface area (Å²) in [6.45, 7) is 4.39. The summed E-state index contributed by atoms with van der Waals surface area (Å²) in [7, 11) is 0. The maximum Gasteiger partial charge on any atom is 0.234 e. The molecule has 0 saturated carbocycles. The van der Waals surface area contributed by atoms with Crippen molar-refractivity contribution in [3.8, 4) is 0 Å². The fourth-order valence-electron chi connectivity index (χ4n) is 3.35. The molecule has 1 N–H and O–H groups in total. The Morgan fingerprint density at radius 2 is 1.84 bits per heavy atom. The number of halogens is 1. The first-order valence-electron chi connectivity index (χ1n) is 9.82. The predicted molar refractivity (Wildman–Crippen MR) is 123 cm³/mol. The van der Waals surface area contributed by atoms with Gasteiger partial charge in [0.25, 0.3) is 0 Å². The van der Waals surface area contributed by atoms with Gasteiger partial charge in [-0.05, 0) is 40.6 Å². The lowest BCUT2D eigenvalue weighted by Crippen LogP contribution is -2.14. The van der Waals surface area contributed by atoms with Gasteiger partial charge in [0.1, 0.15) is 11.6 Å². The minimum atomic E-state index is -0.344. The second-order valence-corrected chi connectivity index (χ2v) is 7.90. The van der Waals surface area contributed by atoms with Gasteiger partial charge in [-0.2, -0.15) is 0 Å². The molecule has 0 spiro atoms. The Hall–Kier alpha value is -3.45. The Morgan fingerprint density at radius 3 is 2.65 bits per heavy atom. The molecule has 0 aliphatic rings. The molecule has 0 atom stereocenters. The fourth-order valence-corrected chi connectivity index (χ4v) is 4.11. The summed E-state index contributed by atoms with van der Waals surface area (Å²) in [4.78, 5) is 12.3. The molecule has 4 aromatic rings. The molecule has 156 valence electrons. The van der Waals surface area contributed by atoms with Crippen LogP contribution < -0.4 is 5.32 Å². The molecule has 3 aromatic carbocycles. The van der Waals surface area contributed by atoms with Gasteiger partial charge in [-0.1, -0.05) is 60.3 Å². The molecule has 0 radical (unpaired) electrons. The number of nitrogens with zero attached hydrogens (tertiary/aromatic N) is 3. The van der Waals surface area contributed by atoms with Gasteiger partial charge in [-0.3, -0.25) is 4.79 Å². The van der Waals surface area contributed by atoms with Crippen molar-refractivity contribution in [3.63, 3.8) is 0 Å². The number of allylic oxidation sites excluding steroid dienone is 1. The van der Waals surface area contributed by atoms with Crippen molar-refractivity contribution < 1.29 is 9.18 Å². The van der Waals surface area contributed by atoms with Crippen molar-refractivity contribution in [3.05, 3.63) is 96.6 Å². The van der Waals surface area contributed by atoms with Crippen LogP contribution in [0.1, 0.15) is 11.4 Å². The lowest BCUT2D eigenvalue weighted by molar-refractivity contribution is -0.113. The minimum Gasteiger partial charge on any atom is -0.325 e. The van der Waals surface area contributed by atoms with Crippen molar-refractivity contribution in [1.82, 2.24) is 14.8 Å². The van der Waals surface area contributed by atoms with E-state index in [1.807, 2.05) is 22.8 Å². The number of hydrogen-bond donors (Lipinski definition) is 1. The summed E-state index contributed by atoms with van der Waals surface area (Å²) in [5.41, 5.74) is 1.72. The monoisotopic (exact) mass is 432 g/mol. The van der Waals surface area contributed by atoms with Gasteiger partial charge in [0, 0.05) is 18.7 Å². The van der Waals surface area contributed by atoms with Crippen molar-refractivity contribution in [2.24, 2.45) is 0 Å². The van der Waals surface area contributed by atoms with Crippen LogP contribution in [0.4, 0.5) is 10.1 Å². The van der Waals surface area contributed by atoms with Crippen molar-refractivity contribution in [2.75, 3.05) is 11.1 Å². The van der Waals surface area contributed by atoms with Gasteiger partial charge < -0.3 is 9.88 Å². The highest BCUT2D eigenvalue weighted by Crippen LogP contribution is 2.23. The number of hydrogen-bond acceptors (Lipinski definition) is 4. The third-order valence-corrected chi connectivity index (χ3v) is 5.76. The maximum absolute atomic E-state index is 13.0. The van der Waals surface area contributed by atoms with Crippen LogP contribution in [0.3, 0.4) is 0 Å². The van der Waals surface area contributed by atoms with Gasteiger partial charge in [0.15, 0.2) is 5.16 Å². The Kier molecular flexibility index (Phi) is 6.43. The number of carbonyl (C=O) groups excluding carboxylic acids is 1. The van der Waals surface area contributed by atoms with Gasteiger partial charge in [0.2, 0.25) is 5.91 Å². The number of nitrogens with one attached hydrogen (secondary N) is 1. The first kappa shape index (κ1) is 20.8. The van der Waals surface area contributed by atoms with Gasteiger partial charge in [0.05, 0.1) is 5.75 Å². The highest BCUT2D eigenvalue weighted by atomic mass is 32.2. The smallest absolute Gasteiger partial charge is 0.234 e. The molecule has 0 aliphatic heterocycles. The topological polar surface area (TPSA) is 59.8 Å². The normalized spacial score (nSPS) is 10.9. The maximum atomic E-state index is 13.0. The Balaban J connectivity index is 1.48. The molecule has 0 aliphatic carbocycles. The second-order valence-electron chi connectivity index (χ2n) is 6.96. The quantitative estimate of drug-likeness (QED) is 0.312. The van der Waals surface area contributed by atoms with Crippen molar-refractivity contribution in [2.45, 2.75) is 18.1 Å². The number of carbonyl (C=O) groups is 1. The minimum absolute atomic E-state index is 0.168. The summed E-state index contributed by atoms with van der Waals surface area (Å²) in [6.07, 6.45) is 2.42. The van der Waals surface area contributed by atoms with Crippen LogP contribution in [0.25, 0.3) is 10.8 Å². The predicted octanol–water partition coefficient (Wildman–Crippen LogP) is 5.08. The van der Waals surface area contributed by atoms with Crippen LogP contribution in [-0.4, -0.2) is 26.4 Å². The van der Waals surface area contributed by atoms with Gasteiger partial charge in [-0.25, -0.2) is 4.39 Å². The van der Waals surface area contributed by atoms with E-state index in [9.17, 15) is 9.18 Å². The van der Waals surface area contributed by atoms with Gasteiger partial charge in [-0.15, -0.1) is 16.8 Å². The average Bonchev–Trinajstić information content (AvgIpc) is 3.16. The van der Waals surface area contributed by atoms with E-state index in [2.05, 4.69) is 46.4 Å².